The lowest BCUT2D eigenvalue weighted by atomic mass is 9.95. The van der Waals surface area contributed by atoms with Crippen molar-refractivity contribution in [1.82, 2.24) is 9.80 Å². The smallest absolute Gasteiger partial charge is 0.290 e. The van der Waals surface area contributed by atoms with E-state index in [1.807, 2.05) is 19.0 Å². The molecular weight excluding hydrogens is 406 g/mol. The zero-order chi connectivity index (χ0) is 21.8. The molecule has 0 unspecified atom stereocenters. The molecule has 30 heavy (non-hydrogen) atoms. The number of aliphatic hydroxyl groups excluding tert-OH is 1. The van der Waals surface area contributed by atoms with Crippen LogP contribution in [0.5, 0.6) is 5.75 Å². The Morgan fingerprint density at radius 2 is 1.93 bits per heavy atom. The quantitative estimate of drug-likeness (QED) is 0.587. The van der Waals surface area contributed by atoms with Crippen LogP contribution in [0.25, 0.3) is 0 Å². The van der Waals surface area contributed by atoms with Crippen LogP contribution in [0.3, 0.4) is 0 Å². The van der Waals surface area contributed by atoms with Crippen LogP contribution in [-0.2, 0) is 9.59 Å². The number of hydrogen-bond donors (Lipinski definition) is 2. The molecule has 0 aliphatic carbocycles. The molecule has 0 spiro atoms. The first-order chi connectivity index (χ1) is 14.3. The Morgan fingerprint density at radius 3 is 2.50 bits per heavy atom. The first-order valence-electron chi connectivity index (χ1n) is 9.27. The number of ketones is 1. The van der Waals surface area contributed by atoms with Crippen molar-refractivity contribution in [1.29, 1.82) is 0 Å². The summed E-state index contributed by atoms with van der Waals surface area (Å²) < 4.78 is 5.28. The van der Waals surface area contributed by atoms with Gasteiger partial charge >= 0.3 is 0 Å². The maximum atomic E-state index is 13.1. The van der Waals surface area contributed by atoms with Crippen molar-refractivity contribution in [2.45, 2.75) is 6.04 Å². The molecule has 0 saturated carbocycles. The highest BCUT2D eigenvalue weighted by Gasteiger charge is 2.43. The topological polar surface area (TPSA) is 113 Å². The number of Topliss-reactive ketones (excluding diaryl/α,β-unsaturated/α-hetero) is 1. The van der Waals surface area contributed by atoms with E-state index in [1.54, 1.807) is 41.8 Å². The number of carbonyl (C=O) groups excluding carboxylic acids is 3. The van der Waals surface area contributed by atoms with Crippen LogP contribution in [-0.4, -0.2) is 66.3 Å². The first-order valence-corrected chi connectivity index (χ1v) is 10.2. The average Bonchev–Trinajstić information content (AvgIpc) is 3.33. The molecule has 3 rings (SSSR count). The second-order valence-electron chi connectivity index (χ2n) is 7.10. The number of thiophene rings is 1. The van der Waals surface area contributed by atoms with E-state index in [4.69, 9.17) is 10.5 Å². The second-order valence-corrected chi connectivity index (χ2v) is 8.04. The molecule has 0 radical (unpaired) electrons. The predicted octanol–water partition coefficient (Wildman–Crippen LogP) is 1.75. The summed E-state index contributed by atoms with van der Waals surface area (Å²) in [6.07, 6.45) is 0. The fraction of sp³-hybridized carbons (Fsp3) is 0.286. The van der Waals surface area contributed by atoms with Gasteiger partial charge in [-0.1, -0.05) is 18.2 Å². The summed E-state index contributed by atoms with van der Waals surface area (Å²) in [5, 5.41) is 12.3. The van der Waals surface area contributed by atoms with E-state index < -0.39 is 23.6 Å². The van der Waals surface area contributed by atoms with Crippen molar-refractivity contribution in [3.05, 3.63) is 63.6 Å². The van der Waals surface area contributed by atoms with Crippen LogP contribution < -0.4 is 10.5 Å². The normalized spacial score (nSPS) is 16.4. The van der Waals surface area contributed by atoms with E-state index in [2.05, 4.69) is 0 Å². The van der Waals surface area contributed by atoms with Crippen LogP contribution in [0.1, 0.15) is 21.3 Å². The number of likely N-dealkylation sites (N-methyl/N-ethyl adjacent to an activating group) is 1. The molecule has 9 heteroatoms. The van der Waals surface area contributed by atoms with Gasteiger partial charge in [0.15, 0.2) is 12.4 Å². The molecule has 1 atom stereocenters. The van der Waals surface area contributed by atoms with E-state index in [0.717, 1.165) is 0 Å². The Hall–Kier alpha value is -3.17. The van der Waals surface area contributed by atoms with E-state index in [0.29, 0.717) is 29.3 Å². The molecule has 8 nitrogen and oxygen atoms in total. The molecule has 2 heterocycles. The Labute approximate surface area is 178 Å². The fourth-order valence-electron chi connectivity index (χ4n) is 3.21. The number of amides is 2. The van der Waals surface area contributed by atoms with E-state index in [9.17, 15) is 19.5 Å². The maximum absolute atomic E-state index is 13.1. The van der Waals surface area contributed by atoms with Gasteiger partial charge in [-0.3, -0.25) is 14.4 Å². The van der Waals surface area contributed by atoms with Gasteiger partial charge in [-0.05, 0) is 43.2 Å². The van der Waals surface area contributed by atoms with Crippen molar-refractivity contribution >= 4 is 28.9 Å². The third-order valence-electron chi connectivity index (χ3n) is 4.66. The molecule has 1 aromatic heterocycles. The van der Waals surface area contributed by atoms with Gasteiger partial charge in [0.1, 0.15) is 5.75 Å². The number of rotatable bonds is 9. The molecule has 2 amide bonds. The van der Waals surface area contributed by atoms with Gasteiger partial charge in [-0.15, -0.1) is 11.3 Å². The Morgan fingerprint density at radius 1 is 1.23 bits per heavy atom. The van der Waals surface area contributed by atoms with Gasteiger partial charge in [-0.25, -0.2) is 0 Å². The summed E-state index contributed by atoms with van der Waals surface area (Å²) in [5.41, 5.74) is 5.80. The maximum Gasteiger partial charge on any atom is 0.290 e. The average molecular weight is 429 g/mol. The second kappa shape index (κ2) is 9.10. The zero-order valence-electron chi connectivity index (χ0n) is 16.7. The summed E-state index contributed by atoms with van der Waals surface area (Å²) >= 11 is 1.25. The predicted molar refractivity (Wildman–Crippen MR) is 112 cm³/mol. The summed E-state index contributed by atoms with van der Waals surface area (Å²) in [6, 6.07) is 9.37. The van der Waals surface area contributed by atoms with E-state index in [-0.39, 0.29) is 18.0 Å². The van der Waals surface area contributed by atoms with Gasteiger partial charge in [0.25, 0.3) is 11.8 Å². The molecule has 158 valence electrons. The van der Waals surface area contributed by atoms with E-state index in [1.165, 1.54) is 16.2 Å². The number of primary amides is 1. The van der Waals surface area contributed by atoms with Crippen molar-refractivity contribution in [3.63, 3.8) is 0 Å². The molecule has 0 saturated heterocycles. The van der Waals surface area contributed by atoms with Crippen molar-refractivity contribution in [2.75, 3.05) is 33.8 Å². The first kappa shape index (κ1) is 21.5. The Bertz CT molecular complexity index is 967. The van der Waals surface area contributed by atoms with Crippen molar-refractivity contribution in [3.8, 4) is 5.75 Å². The monoisotopic (exact) mass is 429 g/mol. The molecule has 3 N–H and O–H groups in total. The van der Waals surface area contributed by atoms with Gasteiger partial charge in [0.2, 0.25) is 5.78 Å². The molecule has 0 bridgehead atoms. The number of nitrogens with zero attached hydrogens (tertiary/aromatic N) is 2. The summed E-state index contributed by atoms with van der Waals surface area (Å²) in [5.74, 6) is -1.63. The molecule has 2 aromatic rings. The number of hydrogen-bond acceptors (Lipinski definition) is 7. The number of aliphatic hydroxyl groups is 1. The Kier molecular flexibility index (Phi) is 6.53. The number of nitrogens with two attached hydrogens (primary N) is 1. The molecule has 1 aliphatic heterocycles. The standard InChI is InChI=1S/C21H23N3O5S/c1-23(2)9-10-24-18(13-5-7-14(8-6-13)29-12-16(22)25)17(20(27)21(24)28)19(26)15-4-3-11-30-15/h3-8,11,18,27H,9-10,12H2,1-2H3,(H2,22,25)/t18-/m1/s1. The molecular formula is C21H23N3O5S. The lowest BCUT2D eigenvalue weighted by Crippen LogP contribution is -2.36. The summed E-state index contributed by atoms with van der Waals surface area (Å²) in [6.45, 7) is 0.649. The largest absolute Gasteiger partial charge is 0.503 e. The van der Waals surface area contributed by atoms with Gasteiger partial charge in [-0.2, -0.15) is 0 Å². The highest BCUT2D eigenvalue weighted by atomic mass is 32.1. The minimum Gasteiger partial charge on any atom is -0.503 e. The van der Waals surface area contributed by atoms with Crippen LogP contribution in [0.4, 0.5) is 0 Å². The molecule has 1 aliphatic rings. The van der Waals surface area contributed by atoms with Crippen molar-refractivity contribution < 1.29 is 24.2 Å². The van der Waals surface area contributed by atoms with E-state index >= 15 is 0 Å². The highest BCUT2D eigenvalue weighted by Crippen LogP contribution is 2.39. The zero-order valence-corrected chi connectivity index (χ0v) is 17.5. The SMILES string of the molecule is CN(C)CCN1C(=O)C(O)=C(C(=O)c2cccs2)[C@H]1c1ccc(OCC(N)=O)cc1. The fourth-order valence-corrected chi connectivity index (χ4v) is 3.89. The highest BCUT2D eigenvalue weighted by molar-refractivity contribution is 7.12. The third kappa shape index (κ3) is 4.52. The summed E-state index contributed by atoms with van der Waals surface area (Å²) in [4.78, 5) is 40.7. The van der Waals surface area contributed by atoms with Crippen LogP contribution in [0.15, 0.2) is 53.1 Å². The Balaban J connectivity index is 1.96. The number of benzene rings is 1. The van der Waals surface area contributed by atoms with Gasteiger partial charge < -0.3 is 25.4 Å². The molecule has 0 fully saturated rings. The van der Waals surface area contributed by atoms with Crippen LogP contribution in [0.2, 0.25) is 0 Å². The van der Waals surface area contributed by atoms with Crippen LogP contribution in [0, 0.1) is 0 Å². The van der Waals surface area contributed by atoms with Crippen LogP contribution >= 0.6 is 11.3 Å². The lowest BCUT2D eigenvalue weighted by Gasteiger charge is -2.28. The van der Waals surface area contributed by atoms with Gasteiger partial charge in [0.05, 0.1) is 16.5 Å². The minimum absolute atomic E-state index is 0.0620. The molecule has 1 aromatic carbocycles. The number of carbonyl (C=O) groups is 3. The minimum atomic E-state index is -0.725. The third-order valence-corrected chi connectivity index (χ3v) is 5.53. The van der Waals surface area contributed by atoms with Crippen molar-refractivity contribution in [2.24, 2.45) is 5.73 Å². The number of ether oxygens (including phenoxy) is 1. The van der Waals surface area contributed by atoms with Gasteiger partial charge in [0, 0.05) is 13.1 Å². The summed E-state index contributed by atoms with van der Waals surface area (Å²) in [7, 11) is 3.76. The lowest BCUT2D eigenvalue weighted by molar-refractivity contribution is -0.129.